The van der Waals surface area contributed by atoms with Gasteiger partial charge in [-0.15, -0.1) is 0 Å². The third kappa shape index (κ3) is 2.39. The summed E-state index contributed by atoms with van der Waals surface area (Å²) in [6.45, 7) is 7.06. The van der Waals surface area contributed by atoms with Crippen LogP contribution in [0.2, 0.25) is 0 Å². The van der Waals surface area contributed by atoms with Crippen molar-refractivity contribution >= 4 is 0 Å². The molecule has 0 radical (unpaired) electrons. The fourth-order valence-corrected chi connectivity index (χ4v) is 4.55. The van der Waals surface area contributed by atoms with Gasteiger partial charge in [-0.25, -0.2) is 0 Å². The van der Waals surface area contributed by atoms with Crippen LogP contribution in [0.1, 0.15) is 36.6 Å². The van der Waals surface area contributed by atoms with Crippen LogP contribution in [0, 0.1) is 12.8 Å². The second-order valence-electron chi connectivity index (χ2n) is 7.97. The normalized spacial score (nSPS) is 17.4. The fourth-order valence-electron chi connectivity index (χ4n) is 4.55. The van der Waals surface area contributed by atoms with Gasteiger partial charge in [-0.05, 0) is 43.0 Å². The number of aryl methyl sites for hydroxylation is 1. The van der Waals surface area contributed by atoms with Crippen LogP contribution >= 0.6 is 0 Å². The number of aromatic nitrogens is 1. The van der Waals surface area contributed by atoms with E-state index in [2.05, 4.69) is 24.5 Å². The zero-order valence-corrected chi connectivity index (χ0v) is 15.9. The summed E-state index contributed by atoms with van der Waals surface area (Å²) >= 11 is 0. The molecule has 0 N–H and O–H groups in total. The van der Waals surface area contributed by atoms with E-state index < -0.39 is 0 Å². The molecule has 2 aliphatic rings. The molecule has 0 bridgehead atoms. The van der Waals surface area contributed by atoms with Crippen LogP contribution in [0.4, 0.5) is 0 Å². The van der Waals surface area contributed by atoms with Gasteiger partial charge in [0.05, 0.1) is 24.1 Å². The molecule has 4 heterocycles. The molecular formula is C23H23NO3. The standard InChI is InChI=1S/C23H23NO3/c1-13(2)18-10-15-9-17(21-5-4-7-26-21)23-16(6-8-27-23)22(15)19-11-20(25)14(3)12-24(18)19/h4-5,7,9,11-13,18H,6,8,10H2,1-3H3. The molecule has 2 aliphatic heterocycles. The molecule has 0 aliphatic carbocycles. The van der Waals surface area contributed by atoms with Gasteiger partial charge in [0.2, 0.25) is 0 Å². The highest BCUT2D eigenvalue weighted by Crippen LogP contribution is 2.48. The maximum atomic E-state index is 12.5. The first-order valence-electron chi connectivity index (χ1n) is 9.63. The molecule has 1 aromatic carbocycles. The fraction of sp³-hybridized carbons (Fsp3) is 0.348. The smallest absolute Gasteiger partial charge is 0.185 e. The van der Waals surface area contributed by atoms with Gasteiger partial charge in [-0.3, -0.25) is 4.79 Å². The minimum atomic E-state index is 0.0967. The van der Waals surface area contributed by atoms with Gasteiger partial charge in [0.1, 0.15) is 11.5 Å². The van der Waals surface area contributed by atoms with Crippen molar-refractivity contribution in [2.24, 2.45) is 5.92 Å². The monoisotopic (exact) mass is 361 g/mol. The lowest BCUT2D eigenvalue weighted by molar-refractivity contribution is 0.356. The number of hydrogen-bond donors (Lipinski definition) is 0. The predicted octanol–water partition coefficient (Wildman–Crippen LogP) is 4.77. The summed E-state index contributed by atoms with van der Waals surface area (Å²) in [5.74, 6) is 2.21. The minimum Gasteiger partial charge on any atom is -0.492 e. The van der Waals surface area contributed by atoms with Gasteiger partial charge in [-0.2, -0.15) is 0 Å². The predicted molar refractivity (Wildman–Crippen MR) is 105 cm³/mol. The van der Waals surface area contributed by atoms with Gasteiger partial charge in [-0.1, -0.05) is 13.8 Å². The highest BCUT2D eigenvalue weighted by molar-refractivity contribution is 5.82. The summed E-state index contributed by atoms with van der Waals surface area (Å²) in [6.07, 6.45) is 5.54. The molecule has 4 nitrogen and oxygen atoms in total. The number of pyridine rings is 1. The number of benzene rings is 1. The Kier molecular flexibility index (Phi) is 3.58. The second-order valence-corrected chi connectivity index (χ2v) is 7.97. The number of nitrogens with zero attached hydrogens (tertiary/aromatic N) is 1. The first-order chi connectivity index (χ1) is 13.0. The Bertz CT molecular complexity index is 1090. The van der Waals surface area contributed by atoms with Crippen molar-refractivity contribution in [3.63, 3.8) is 0 Å². The largest absolute Gasteiger partial charge is 0.492 e. The Labute approximate surface area is 158 Å². The molecule has 0 fully saturated rings. The van der Waals surface area contributed by atoms with Gasteiger partial charge in [0, 0.05) is 41.4 Å². The molecule has 27 heavy (non-hydrogen) atoms. The van der Waals surface area contributed by atoms with E-state index in [0.717, 1.165) is 41.2 Å². The van der Waals surface area contributed by atoms with Crippen molar-refractivity contribution in [1.29, 1.82) is 0 Å². The van der Waals surface area contributed by atoms with E-state index in [9.17, 15) is 4.79 Å². The van der Waals surface area contributed by atoms with E-state index in [1.807, 2.05) is 31.3 Å². The minimum absolute atomic E-state index is 0.0967. The van der Waals surface area contributed by atoms with E-state index >= 15 is 0 Å². The summed E-state index contributed by atoms with van der Waals surface area (Å²) in [6, 6.07) is 8.24. The summed E-state index contributed by atoms with van der Waals surface area (Å²) in [5, 5.41) is 0. The third-order valence-electron chi connectivity index (χ3n) is 5.92. The van der Waals surface area contributed by atoms with E-state index in [1.54, 1.807) is 6.26 Å². The first-order valence-corrected chi connectivity index (χ1v) is 9.63. The Hall–Kier alpha value is -2.75. The Balaban J connectivity index is 1.83. The van der Waals surface area contributed by atoms with Crippen molar-refractivity contribution in [3.8, 4) is 28.3 Å². The van der Waals surface area contributed by atoms with Crippen molar-refractivity contribution in [2.75, 3.05) is 6.61 Å². The number of hydrogen-bond acceptors (Lipinski definition) is 3. The quantitative estimate of drug-likeness (QED) is 0.660. The highest BCUT2D eigenvalue weighted by atomic mass is 16.5. The molecule has 0 amide bonds. The van der Waals surface area contributed by atoms with Crippen molar-refractivity contribution in [2.45, 2.75) is 39.7 Å². The van der Waals surface area contributed by atoms with Gasteiger partial charge < -0.3 is 13.7 Å². The summed E-state index contributed by atoms with van der Waals surface area (Å²) < 4.78 is 14.0. The molecule has 0 saturated carbocycles. The Morgan fingerprint density at radius 2 is 2.11 bits per heavy atom. The SMILES string of the molecule is Cc1cn2c(cc1=O)-c1c(cc(-c3ccco3)c3c1CCO3)CC2C(C)C. The van der Waals surface area contributed by atoms with E-state index in [1.165, 1.54) is 16.7 Å². The zero-order valence-electron chi connectivity index (χ0n) is 15.9. The molecule has 3 aromatic rings. The zero-order chi connectivity index (χ0) is 18.7. The van der Waals surface area contributed by atoms with Crippen LogP contribution in [-0.4, -0.2) is 11.2 Å². The van der Waals surface area contributed by atoms with Crippen LogP contribution in [0.15, 0.2) is 45.9 Å². The van der Waals surface area contributed by atoms with Crippen LogP contribution in [0.5, 0.6) is 5.75 Å². The molecule has 4 heteroatoms. The topological polar surface area (TPSA) is 44.4 Å². The molecule has 0 saturated heterocycles. The van der Waals surface area contributed by atoms with Crippen LogP contribution < -0.4 is 10.2 Å². The lowest BCUT2D eigenvalue weighted by Crippen LogP contribution is -2.27. The van der Waals surface area contributed by atoms with Crippen LogP contribution in [-0.2, 0) is 12.8 Å². The third-order valence-corrected chi connectivity index (χ3v) is 5.92. The summed E-state index contributed by atoms with van der Waals surface area (Å²) in [7, 11) is 0. The lowest BCUT2D eigenvalue weighted by atomic mass is 9.83. The number of fused-ring (bicyclic) bond motifs is 5. The van der Waals surface area contributed by atoms with E-state index in [-0.39, 0.29) is 5.43 Å². The number of rotatable bonds is 2. The van der Waals surface area contributed by atoms with Crippen molar-refractivity contribution < 1.29 is 9.15 Å². The maximum Gasteiger partial charge on any atom is 0.185 e. The number of furan rings is 1. The average Bonchev–Trinajstić information content (AvgIpc) is 3.33. The first kappa shape index (κ1) is 16.4. The lowest BCUT2D eigenvalue weighted by Gasteiger charge is -2.34. The summed E-state index contributed by atoms with van der Waals surface area (Å²) in [5.41, 5.74) is 6.62. The van der Waals surface area contributed by atoms with E-state index in [4.69, 9.17) is 9.15 Å². The van der Waals surface area contributed by atoms with Crippen LogP contribution in [0.25, 0.3) is 22.6 Å². The molecule has 2 aromatic heterocycles. The Morgan fingerprint density at radius 3 is 2.85 bits per heavy atom. The van der Waals surface area contributed by atoms with E-state index in [0.29, 0.717) is 18.6 Å². The number of ether oxygens (including phenoxy) is 1. The molecule has 0 spiro atoms. The molecule has 1 atom stereocenters. The van der Waals surface area contributed by atoms with Gasteiger partial charge in [0.15, 0.2) is 5.43 Å². The molecule has 5 rings (SSSR count). The van der Waals surface area contributed by atoms with Crippen LogP contribution in [0.3, 0.4) is 0 Å². The summed E-state index contributed by atoms with van der Waals surface area (Å²) in [4.78, 5) is 12.5. The van der Waals surface area contributed by atoms with Gasteiger partial charge in [0.25, 0.3) is 0 Å². The highest BCUT2D eigenvalue weighted by Gasteiger charge is 2.33. The van der Waals surface area contributed by atoms with Crippen molar-refractivity contribution in [1.82, 2.24) is 4.57 Å². The maximum absolute atomic E-state index is 12.5. The molecule has 1 unspecified atom stereocenters. The van der Waals surface area contributed by atoms with Gasteiger partial charge >= 0.3 is 0 Å². The second kappa shape index (κ2) is 5.88. The Morgan fingerprint density at radius 1 is 1.26 bits per heavy atom. The van der Waals surface area contributed by atoms with Crippen molar-refractivity contribution in [3.05, 3.63) is 63.6 Å². The average molecular weight is 361 g/mol. The molecule has 138 valence electrons. The molecular weight excluding hydrogens is 338 g/mol.